The number of hydrogen-bond acceptors (Lipinski definition) is 4. The van der Waals surface area contributed by atoms with Gasteiger partial charge in [0.2, 0.25) is 0 Å². The number of aliphatic hydroxyl groups excluding tert-OH is 1. The SMILES string of the molecule is COC(=O)C(C)CN(C)C(C)CO. The van der Waals surface area contributed by atoms with E-state index in [2.05, 4.69) is 4.74 Å². The van der Waals surface area contributed by atoms with Crippen molar-refractivity contribution in [3.05, 3.63) is 0 Å². The highest BCUT2D eigenvalue weighted by Crippen LogP contribution is 2.03. The van der Waals surface area contributed by atoms with Crippen molar-refractivity contribution >= 4 is 5.97 Å². The van der Waals surface area contributed by atoms with Gasteiger partial charge in [-0.25, -0.2) is 0 Å². The summed E-state index contributed by atoms with van der Waals surface area (Å²) in [4.78, 5) is 13.0. The Kier molecular flexibility index (Phi) is 5.66. The second-order valence-electron chi connectivity index (χ2n) is 3.40. The van der Waals surface area contributed by atoms with E-state index in [0.717, 1.165) is 0 Å². The maximum atomic E-state index is 11.0. The van der Waals surface area contributed by atoms with E-state index in [1.54, 1.807) is 0 Å². The van der Waals surface area contributed by atoms with E-state index in [9.17, 15) is 4.79 Å². The molecule has 13 heavy (non-hydrogen) atoms. The highest BCUT2D eigenvalue weighted by molar-refractivity contribution is 5.72. The molecular formula is C9H19NO3. The quantitative estimate of drug-likeness (QED) is 0.624. The summed E-state index contributed by atoms with van der Waals surface area (Å²) in [7, 11) is 3.26. The first-order valence-electron chi connectivity index (χ1n) is 4.41. The van der Waals surface area contributed by atoms with Gasteiger partial charge in [-0.1, -0.05) is 6.92 Å². The molecule has 4 heteroatoms. The number of esters is 1. The summed E-state index contributed by atoms with van der Waals surface area (Å²) in [5.41, 5.74) is 0. The topological polar surface area (TPSA) is 49.8 Å². The van der Waals surface area contributed by atoms with E-state index in [1.165, 1.54) is 7.11 Å². The Bertz CT molecular complexity index is 161. The number of carbonyl (C=O) groups is 1. The maximum Gasteiger partial charge on any atom is 0.309 e. The fourth-order valence-electron chi connectivity index (χ4n) is 1.03. The van der Waals surface area contributed by atoms with Gasteiger partial charge >= 0.3 is 5.97 Å². The van der Waals surface area contributed by atoms with Crippen molar-refractivity contribution in [1.82, 2.24) is 4.90 Å². The standard InChI is InChI=1S/C9H19NO3/c1-7(9(12)13-4)5-10(3)8(2)6-11/h7-8,11H,5-6H2,1-4H3. The van der Waals surface area contributed by atoms with Gasteiger partial charge in [0.05, 0.1) is 19.6 Å². The molecule has 0 fully saturated rings. The Hall–Kier alpha value is -0.610. The van der Waals surface area contributed by atoms with E-state index in [4.69, 9.17) is 5.11 Å². The summed E-state index contributed by atoms with van der Waals surface area (Å²) in [6, 6.07) is 0.0760. The molecule has 4 nitrogen and oxygen atoms in total. The zero-order valence-corrected chi connectivity index (χ0v) is 8.78. The number of methoxy groups -OCH3 is 1. The molecule has 0 spiro atoms. The molecule has 78 valence electrons. The van der Waals surface area contributed by atoms with Crippen LogP contribution >= 0.6 is 0 Å². The van der Waals surface area contributed by atoms with Gasteiger partial charge in [-0.05, 0) is 14.0 Å². The normalized spacial score (nSPS) is 15.5. The van der Waals surface area contributed by atoms with Gasteiger partial charge in [-0.15, -0.1) is 0 Å². The molecule has 0 heterocycles. The minimum Gasteiger partial charge on any atom is -0.469 e. The molecule has 0 rings (SSSR count). The molecule has 0 aliphatic carbocycles. The van der Waals surface area contributed by atoms with Crippen molar-refractivity contribution in [2.24, 2.45) is 5.92 Å². The zero-order valence-electron chi connectivity index (χ0n) is 8.78. The minimum absolute atomic E-state index is 0.0760. The molecule has 0 amide bonds. The fourth-order valence-corrected chi connectivity index (χ4v) is 1.03. The van der Waals surface area contributed by atoms with Gasteiger partial charge < -0.3 is 14.7 Å². The molecule has 0 aromatic carbocycles. The fraction of sp³-hybridized carbons (Fsp3) is 0.889. The number of rotatable bonds is 5. The van der Waals surface area contributed by atoms with Crippen LogP contribution in [0.15, 0.2) is 0 Å². The Morgan fingerprint density at radius 1 is 1.54 bits per heavy atom. The van der Waals surface area contributed by atoms with Crippen molar-refractivity contribution in [2.75, 3.05) is 27.3 Å². The van der Waals surface area contributed by atoms with Crippen LogP contribution in [-0.2, 0) is 9.53 Å². The van der Waals surface area contributed by atoms with Gasteiger partial charge in [0.25, 0.3) is 0 Å². The van der Waals surface area contributed by atoms with Crippen molar-refractivity contribution in [1.29, 1.82) is 0 Å². The van der Waals surface area contributed by atoms with Crippen LogP contribution in [0.25, 0.3) is 0 Å². The molecule has 0 saturated carbocycles. The highest BCUT2D eigenvalue weighted by atomic mass is 16.5. The van der Waals surface area contributed by atoms with Crippen LogP contribution < -0.4 is 0 Å². The van der Waals surface area contributed by atoms with Crippen molar-refractivity contribution in [3.8, 4) is 0 Å². The summed E-state index contributed by atoms with van der Waals surface area (Å²) in [6.45, 7) is 4.43. The van der Waals surface area contributed by atoms with Gasteiger partial charge in [0.1, 0.15) is 0 Å². The monoisotopic (exact) mass is 189 g/mol. The summed E-state index contributed by atoms with van der Waals surface area (Å²) in [5.74, 6) is -0.360. The lowest BCUT2D eigenvalue weighted by molar-refractivity contribution is -0.145. The molecule has 0 aromatic rings. The van der Waals surface area contributed by atoms with Crippen LogP contribution in [0.5, 0.6) is 0 Å². The summed E-state index contributed by atoms with van der Waals surface area (Å²) in [6.07, 6.45) is 0. The van der Waals surface area contributed by atoms with Crippen molar-refractivity contribution in [3.63, 3.8) is 0 Å². The number of hydrogen-bond donors (Lipinski definition) is 1. The van der Waals surface area contributed by atoms with E-state index in [1.807, 2.05) is 25.8 Å². The molecule has 2 atom stereocenters. The Morgan fingerprint density at radius 3 is 2.46 bits per heavy atom. The highest BCUT2D eigenvalue weighted by Gasteiger charge is 2.17. The van der Waals surface area contributed by atoms with Gasteiger partial charge in [0.15, 0.2) is 0 Å². The number of nitrogens with zero attached hydrogens (tertiary/aromatic N) is 1. The Labute approximate surface area is 79.5 Å². The number of aliphatic hydroxyl groups is 1. The third-order valence-electron chi connectivity index (χ3n) is 2.18. The van der Waals surface area contributed by atoms with Crippen molar-refractivity contribution in [2.45, 2.75) is 19.9 Å². The average molecular weight is 189 g/mol. The van der Waals surface area contributed by atoms with Crippen LogP contribution in [0.1, 0.15) is 13.8 Å². The number of carbonyl (C=O) groups excluding carboxylic acids is 1. The molecule has 0 saturated heterocycles. The van der Waals surface area contributed by atoms with Crippen LogP contribution in [0, 0.1) is 5.92 Å². The lowest BCUT2D eigenvalue weighted by Gasteiger charge is -2.24. The first-order chi connectivity index (χ1) is 6.02. The van der Waals surface area contributed by atoms with Crippen LogP contribution in [0.4, 0.5) is 0 Å². The average Bonchev–Trinajstić information content (AvgIpc) is 2.14. The lowest BCUT2D eigenvalue weighted by Crippen LogP contribution is -2.37. The van der Waals surface area contributed by atoms with E-state index in [-0.39, 0.29) is 24.5 Å². The largest absolute Gasteiger partial charge is 0.469 e. The second kappa shape index (κ2) is 5.94. The van der Waals surface area contributed by atoms with E-state index < -0.39 is 0 Å². The van der Waals surface area contributed by atoms with Crippen LogP contribution in [0.3, 0.4) is 0 Å². The predicted octanol–water partition coefficient (Wildman–Crippen LogP) is 0.108. The molecule has 1 N–H and O–H groups in total. The maximum absolute atomic E-state index is 11.0. The van der Waals surface area contributed by atoms with Gasteiger partial charge in [-0.2, -0.15) is 0 Å². The smallest absolute Gasteiger partial charge is 0.309 e. The van der Waals surface area contributed by atoms with Crippen molar-refractivity contribution < 1.29 is 14.6 Å². The summed E-state index contributed by atoms with van der Waals surface area (Å²) in [5, 5.41) is 8.86. The minimum atomic E-state index is -0.211. The van der Waals surface area contributed by atoms with E-state index in [0.29, 0.717) is 6.54 Å². The first-order valence-corrected chi connectivity index (χ1v) is 4.41. The van der Waals surface area contributed by atoms with Gasteiger partial charge in [-0.3, -0.25) is 4.79 Å². The second-order valence-corrected chi connectivity index (χ2v) is 3.40. The zero-order chi connectivity index (χ0) is 10.4. The lowest BCUT2D eigenvalue weighted by atomic mass is 10.1. The third-order valence-corrected chi connectivity index (χ3v) is 2.18. The number of likely N-dealkylation sites (N-methyl/N-ethyl adjacent to an activating group) is 1. The molecule has 0 aliphatic heterocycles. The molecule has 0 bridgehead atoms. The summed E-state index contributed by atoms with van der Waals surface area (Å²) >= 11 is 0. The first kappa shape index (κ1) is 12.4. The van der Waals surface area contributed by atoms with Crippen LogP contribution in [0.2, 0.25) is 0 Å². The third kappa shape index (κ3) is 4.24. The number of ether oxygens (including phenoxy) is 1. The predicted molar refractivity (Wildman–Crippen MR) is 50.4 cm³/mol. The van der Waals surface area contributed by atoms with Crippen LogP contribution in [-0.4, -0.2) is 49.3 Å². The molecule has 0 aromatic heterocycles. The molecule has 2 unspecified atom stereocenters. The molecular weight excluding hydrogens is 170 g/mol. The van der Waals surface area contributed by atoms with E-state index >= 15 is 0 Å². The molecule has 0 radical (unpaired) electrons. The van der Waals surface area contributed by atoms with Gasteiger partial charge in [0, 0.05) is 12.6 Å². The molecule has 0 aliphatic rings. The Balaban J connectivity index is 3.90. The summed E-state index contributed by atoms with van der Waals surface area (Å²) < 4.78 is 4.60. The Morgan fingerprint density at radius 2 is 2.08 bits per heavy atom.